The summed E-state index contributed by atoms with van der Waals surface area (Å²) in [6.07, 6.45) is 0.811. The number of aryl methyl sites for hydroxylation is 1. The van der Waals surface area contributed by atoms with Gasteiger partial charge >= 0.3 is 0 Å². The van der Waals surface area contributed by atoms with Crippen molar-refractivity contribution in [2.24, 2.45) is 5.92 Å². The molecule has 4 aromatic rings. The lowest BCUT2D eigenvalue weighted by Gasteiger charge is -2.26. The molecule has 7 heteroatoms. The predicted octanol–water partition coefficient (Wildman–Crippen LogP) is 5.83. The molecular formula is C27H26N2O3S2. The maximum atomic E-state index is 14.0. The largest absolute Gasteiger partial charge is 0.372 e. The minimum absolute atomic E-state index is 0.00919. The van der Waals surface area contributed by atoms with Gasteiger partial charge in [0.15, 0.2) is 10.9 Å². The molecule has 5 nitrogen and oxygen atoms in total. The normalized spacial score (nSPS) is 15.6. The first kappa shape index (κ1) is 23.0. The van der Waals surface area contributed by atoms with Crippen LogP contribution < -0.4 is 5.56 Å². The molecule has 1 aliphatic rings. The molecule has 0 saturated heterocycles. The van der Waals surface area contributed by atoms with E-state index in [0.29, 0.717) is 28.6 Å². The Morgan fingerprint density at radius 1 is 1.18 bits per heavy atom. The van der Waals surface area contributed by atoms with Gasteiger partial charge in [-0.25, -0.2) is 4.98 Å². The van der Waals surface area contributed by atoms with Gasteiger partial charge in [-0.15, -0.1) is 11.3 Å². The number of aromatic nitrogens is 2. The van der Waals surface area contributed by atoms with Gasteiger partial charge in [-0.2, -0.15) is 0 Å². The molecule has 2 aromatic heterocycles. The van der Waals surface area contributed by atoms with E-state index in [0.717, 1.165) is 32.9 Å². The highest BCUT2D eigenvalue weighted by atomic mass is 32.2. The van der Waals surface area contributed by atoms with Crippen molar-refractivity contribution in [3.05, 3.63) is 86.5 Å². The van der Waals surface area contributed by atoms with Crippen LogP contribution in [0.5, 0.6) is 0 Å². The molecule has 2 aromatic carbocycles. The molecule has 0 spiro atoms. The van der Waals surface area contributed by atoms with Gasteiger partial charge in [-0.3, -0.25) is 14.2 Å². The average Bonchev–Trinajstić information content (AvgIpc) is 3.21. The Morgan fingerprint density at radius 3 is 2.65 bits per heavy atom. The van der Waals surface area contributed by atoms with Gasteiger partial charge in [0.25, 0.3) is 5.56 Å². The third-order valence-electron chi connectivity index (χ3n) is 6.24. The van der Waals surface area contributed by atoms with Crippen LogP contribution in [0.1, 0.15) is 40.2 Å². The summed E-state index contributed by atoms with van der Waals surface area (Å²) in [7, 11) is 0. The van der Waals surface area contributed by atoms with Crippen molar-refractivity contribution in [2.45, 2.75) is 45.1 Å². The monoisotopic (exact) mass is 490 g/mol. The Bertz CT molecular complexity index is 1420. The summed E-state index contributed by atoms with van der Waals surface area (Å²) in [5.74, 6) is 0.584. The molecule has 5 rings (SSSR count). The van der Waals surface area contributed by atoms with Gasteiger partial charge < -0.3 is 4.74 Å². The molecule has 34 heavy (non-hydrogen) atoms. The Balaban J connectivity index is 1.63. The zero-order valence-corrected chi connectivity index (χ0v) is 21.0. The second-order valence-corrected chi connectivity index (χ2v) is 10.9. The fraction of sp³-hybridized carbons (Fsp3) is 0.296. The van der Waals surface area contributed by atoms with Crippen LogP contribution in [-0.4, -0.2) is 27.2 Å². The van der Waals surface area contributed by atoms with Crippen LogP contribution in [0.2, 0.25) is 0 Å². The van der Waals surface area contributed by atoms with Crippen LogP contribution in [0.25, 0.3) is 15.9 Å². The number of para-hydroxylation sites is 1. The number of nitrogens with zero attached hydrogens (tertiary/aromatic N) is 2. The Morgan fingerprint density at radius 2 is 1.91 bits per heavy atom. The van der Waals surface area contributed by atoms with Gasteiger partial charge in [-0.1, -0.05) is 74.1 Å². The van der Waals surface area contributed by atoms with E-state index in [9.17, 15) is 9.59 Å². The fourth-order valence-electron chi connectivity index (χ4n) is 4.30. The summed E-state index contributed by atoms with van der Waals surface area (Å²) in [4.78, 5) is 33.5. The van der Waals surface area contributed by atoms with Gasteiger partial charge in [0.05, 0.1) is 29.5 Å². The summed E-state index contributed by atoms with van der Waals surface area (Å²) in [6.45, 7) is 6.79. The number of benzene rings is 2. The number of Topliss-reactive ketones (excluding diaryl/α,β-unsaturated/α-hetero) is 1. The van der Waals surface area contributed by atoms with Crippen molar-refractivity contribution in [2.75, 3.05) is 5.75 Å². The van der Waals surface area contributed by atoms with Crippen LogP contribution in [0, 0.1) is 12.8 Å². The van der Waals surface area contributed by atoms with E-state index in [2.05, 4.69) is 13.8 Å². The molecule has 0 radical (unpaired) electrons. The standard InChI is InChI=1S/C27H26N2O3S2/c1-16(2)22-13-19-23(14-32-22)34-25-24(19)26(31)29(20-12-8-7-9-17(20)3)27(28-25)33-15-21(30)18-10-5-4-6-11-18/h4-12,16,22H,13-15H2,1-3H3/t22-/m0/s1. The number of ketones is 1. The number of thioether (sulfide) groups is 1. The molecule has 0 unspecified atom stereocenters. The molecule has 1 aliphatic heterocycles. The predicted molar refractivity (Wildman–Crippen MR) is 139 cm³/mol. The highest BCUT2D eigenvalue weighted by Gasteiger charge is 2.29. The van der Waals surface area contributed by atoms with Crippen molar-refractivity contribution < 1.29 is 9.53 Å². The Labute approximate surface area is 206 Å². The van der Waals surface area contributed by atoms with Crippen molar-refractivity contribution >= 4 is 39.1 Å². The summed E-state index contributed by atoms with van der Waals surface area (Å²) in [5, 5.41) is 1.23. The highest BCUT2D eigenvalue weighted by Crippen LogP contribution is 2.36. The van der Waals surface area contributed by atoms with Crippen molar-refractivity contribution in [3.8, 4) is 5.69 Å². The first-order valence-electron chi connectivity index (χ1n) is 11.4. The summed E-state index contributed by atoms with van der Waals surface area (Å²) < 4.78 is 7.74. The highest BCUT2D eigenvalue weighted by molar-refractivity contribution is 7.99. The van der Waals surface area contributed by atoms with Gasteiger partial charge in [0.2, 0.25) is 0 Å². The van der Waals surface area contributed by atoms with Gasteiger partial charge in [-0.05, 0) is 30.0 Å². The zero-order valence-electron chi connectivity index (χ0n) is 19.4. The first-order valence-corrected chi connectivity index (χ1v) is 13.2. The minimum atomic E-state index is -0.0733. The first-order chi connectivity index (χ1) is 16.4. The topological polar surface area (TPSA) is 61.2 Å². The van der Waals surface area contributed by atoms with Crippen LogP contribution in [0.15, 0.2) is 64.5 Å². The molecule has 3 heterocycles. The van der Waals surface area contributed by atoms with Crippen LogP contribution in [-0.2, 0) is 17.8 Å². The smallest absolute Gasteiger partial charge is 0.267 e. The summed E-state index contributed by atoms with van der Waals surface area (Å²) >= 11 is 2.84. The molecule has 0 fully saturated rings. The van der Waals surface area contributed by atoms with E-state index < -0.39 is 0 Å². The third kappa shape index (κ3) is 4.24. The maximum absolute atomic E-state index is 14.0. The fourth-order valence-corrected chi connectivity index (χ4v) is 6.36. The lowest BCUT2D eigenvalue weighted by Crippen LogP contribution is -2.28. The molecule has 0 aliphatic carbocycles. The number of carbonyl (C=O) groups excluding carboxylic acids is 1. The Kier molecular flexibility index (Phi) is 6.42. The molecule has 1 atom stereocenters. The quantitative estimate of drug-likeness (QED) is 0.193. The number of carbonyl (C=O) groups is 1. The van der Waals surface area contributed by atoms with Crippen LogP contribution in [0.4, 0.5) is 0 Å². The van der Waals surface area contributed by atoms with E-state index in [1.165, 1.54) is 23.1 Å². The third-order valence-corrected chi connectivity index (χ3v) is 8.28. The molecule has 0 saturated carbocycles. The van der Waals surface area contributed by atoms with Gasteiger partial charge in [0, 0.05) is 16.9 Å². The second-order valence-electron chi connectivity index (χ2n) is 8.88. The maximum Gasteiger partial charge on any atom is 0.267 e. The second kappa shape index (κ2) is 9.49. The molecule has 174 valence electrons. The molecule has 0 amide bonds. The van der Waals surface area contributed by atoms with Gasteiger partial charge in [0.1, 0.15) is 4.83 Å². The van der Waals surface area contributed by atoms with Crippen molar-refractivity contribution in [3.63, 3.8) is 0 Å². The molecular weight excluding hydrogens is 464 g/mol. The zero-order chi connectivity index (χ0) is 23.8. The lowest BCUT2D eigenvalue weighted by atomic mass is 9.96. The van der Waals surface area contributed by atoms with E-state index in [4.69, 9.17) is 9.72 Å². The summed E-state index contributed by atoms with van der Waals surface area (Å²) in [5.41, 5.74) is 3.43. The van der Waals surface area contributed by atoms with E-state index in [-0.39, 0.29) is 23.2 Å². The van der Waals surface area contributed by atoms with E-state index in [1.807, 2.05) is 61.5 Å². The number of fused-ring (bicyclic) bond motifs is 3. The number of thiophene rings is 1. The SMILES string of the molecule is Cc1ccccc1-n1c(SCC(=O)c2ccccc2)nc2sc3c(c2c1=O)C[C@@H](C(C)C)OC3. The molecule has 0 bridgehead atoms. The number of hydrogen-bond donors (Lipinski definition) is 0. The van der Waals surface area contributed by atoms with Crippen LogP contribution >= 0.6 is 23.1 Å². The number of rotatable bonds is 6. The Hall–Kier alpha value is -2.74. The molecule has 0 N–H and O–H groups in total. The van der Waals surface area contributed by atoms with Crippen LogP contribution in [0.3, 0.4) is 0 Å². The van der Waals surface area contributed by atoms with E-state index in [1.54, 1.807) is 4.57 Å². The average molecular weight is 491 g/mol. The summed E-state index contributed by atoms with van der Waals surface area (Å²) in [6, 6.07) is 17.0. The number of hydrogen-bond acceptors (Lipinski definition) is 6. The minimum Gasteiger partial charge on any atom is -0.372 e. The lowest BCUT2D eigenvalue weighted by molar-refractivity contribution is 0.00200. The van der Waals surface area contributed by atoms with Crippen molar-refractivity contribution in [1.29, 1.82) is 0 Å². The van der Waals surface area contributed by atoms with Crippen molar-refractivity contribution in [1.82, 2.24) is 9.55 Å². The van der Waals surface area contributed by atoms with E-state index >= 15 is 0 Å². The number of ether oxygens (including phenoxy) is 1.